The van der Waals surface area contributed by atoms with Crippen LogP contribution >= 0.6 is 0 Å². The van der Waals surface area contributed by atoms with Crippen LogP contribution in [0.1, 0.15) is 22.3 Å². The maximum Gasteiger partial charge on any atom is 0.0713 e. The average molecular weight is 888 g/mol. The average Bonchev–Trinajstić information content (AvgIpc) is 3.73. The van der Waals surface area contributed by atoms with E-state index in [9.17, 15) is 0 Å². The van der Waals surface area contributed by atoms with Crippen LogP contribution in [0.2, 0.25) is 0 Å². The first-order valence-electron chi connectivity index (χ1n) is 24.3. The van der Waals surface area contributed by atoms with Gasteiger partial charge in [0.25, 0.3) is 0 Å². The van der Waals surface area contributed by atoms with Gasteiger partial charge < -0.3 is 4.90 Å². The second-order valence-corrected chi connectivity index (χ2v) is 18.7. The fourth-order valence-corrected chi connectivity index (χ4v) is 12.1. The lowest BCUT2D eigenvalue weighted by Crippen LogP contribution is -2.28. The van der Waals surface area contributed by atoms with Crippen LogP contribution in [0.3, 0.4) is 0 Å². The Morgan fingerprint density at radius 3 is 1.26 bits per heavy atom. The number of fused-ring (bicyclic) bond motifs is 8. The van der Waals surface area contributed by atoms with Gasteiger partial charge in [-0.2, -0.15) is 0 Å². The molecule has 0 amide bonds. The van der Waals surface area contributed by atoms with E-state index in [1.807, 2.05) is 0 Å². The first-order valence-corrected chi connectivity index (χ1v) is 24.3. The minimum Gasteiger partial charge on any atom is -0.309 e. The van der Waals surface area contributed by atoms with Crippen molar-refractivity contribution < 1.29 is 0 Å². The van der Waals surface area contributed by atoms with Crippen LogP contribution in [0.25, 0.3) is 87.2 Å². The molecule has 1 aliphatic rings. The highest BCUT2D eigenvalue weighted by Gasteiger charge is 2.46. The first-order chi connectivity index (χ1) is 34.7. The lowest BCUT2D eigenvalue weighted by atomic mass is 9.67. The molecule has 1 heteroatoms. The van der Waals surface area contributed by atoms with E-state index in [0.29, 0.717) is 0 Å². The molecule has 0 unspecified atom stereocenters. The highest BCUT2D eigenvalue weighted by atomic mass is 15.1. The quantitative estimate of drug-likeness (QED) is 0.144. The maximum absolute atomic E-state index is 2.52. The van der Waals surface area contributed by atoms with E-state index in [1.165, 1.54) is 109 Å². The zero-order valence-corrected chi connectivity index (χ0v) is 38.4. The number of benzene rings is 13. The molecule has 0 radical (unpaired) electrons. The van der Waals surface area contributed by atoms with Crippen molar-refractivity contribution in [2.75, 3.05) is 4.90 Å². The van der Waals surface area contributed by atoms with Crippen LogP contribution in [0, 0.1) is 0 Å². The van der Waals surface area contributed by atoms with Gasteiger partial charge >= 0.3 is 0 Å². The highest BCUT2D eigenvalue weighted by molar-refractivity contribution is 6.24. The first kappa shape index (κ1) is 40.1. The Morgan fingerprint density at radius 1 is 0.257 bits per heavy atom. The SMILES string of the molecule is c1ccc(C2(c3ccccc3)c3ccccc3-c3ccc(-c4c5ccccc5c(-c5ccc(N(c6cccc7ccccc67)c6cccc7ccccc67)cc5)c5cc6ccccc6cc45)cc32)cc1. The van der Waals surface area contributed by atoms with Gasteiger partial charge in [0.05, 0.1) is 16.8 Å². The monoisotopic (exact) mass is 887 g/mol. The van der Waals surface area contributed by atoms with Crippen molar-refractivity contribution in [3.05, 3.63) is 295 Å². The number of nitrogens with zero attached hydrogens (tertiary/aromatic N) is 1. The standard InChI is InChI=1S/C69H45N/c1-3-25-52(26-4-1)69(53-27-5-2-6-28-53)63-34-16-15-31-57(63)58-42-39-51(45-64(58)69)68-60-33-14-13-32-59(60)67(61-43-49-21-7-8-22-50(49)44-62(61)68)48-37-40-54(41-38-48)70(65-35-17-23-46-19-9-11-29-55(46)65)66-36-18-24-47-20-10-12-30-56(47)66/h1-45H. The summed E-state index contributed by atoms with van der Waals surface area (Å²) in [5, 5.41) is 12.2. The predicted octanol–water partition coefficient (Wildman–Crippen LogP) is 18.6. The van der Waals surface area contributed by atoms with Crippen molar-refractivity contribution in [3.63, 3.8) is 0 Å². The molecule has 0 saturated heterocycles. The third-order valence-electron chi connectivity index (χ3n) is 15.1. The molecule has 0 aliphatic heterocycles. The molecular weight excluding hydrogens is 843 g/mol. The lowest BCUT2D eigenvalue weighted by Gasteiger charge is -2.34. The molecule has 0 N–H and O–H groups in total. The van der Waals surface area contributed by atoms with Gasteiger partial charge in [-0.25, -0.2) is 0 Å². The number of anilines is 3. The largest absolute Gasteiger partial charge is 0.309 e. The van der Waals surface area contributed by atoms with Crippen molar-refractivity contribution in [1.29, 1.82) is 0 Å². The van der Waals surface area contributed by atoms with Crippen LogP contribution < -0.4 is 4.90 Å². The molecule has 0 heterocycles. The Bertz CT molecular complexity index is 4040. The number of hydrogen-bond acceptors (Lipinski definition) is 1. The molecule has 0 bridgehead atoms. The summed E-state index contributed by atoms with van der Waals surface area (Å²) in [5.74, 6) is 0. The van der Waals surface area contributed by atoms with E-state index >= 15 is 0 Å². The number of hydrogen-bond donors (Lipinski definition) is 0. The van der Waals surface area contributed by atoms with E-state index in [4.69, 9.17) is 0 Å². The summed E-state index contributed by atoms with van der Waals surface area (Å²) >= 11 is 0. The van der Waals surface area contributed by atoms with Crippen LogP contribution in [-0.2, 0) is 5.41 Å². The summed E-state index contributed by atoms with van der Waals surface area (Å²) in [7, 11) is 0. The Labute approximate surface area is 407 Å². The van der Waals surface area contributed by atoms with Crippen molar-refractivity contribution >= 4 is 70.9 Å². The molecular formula is C69H45N. The predicted molar refractivity (Wildman–Crippen MR) is 297 cm³/mol. The molecule has 13 aromatic carbocycles. The van der Waals surface area contributed by atoms with Gasteiger partial charge in [0.2, 0.25) is 0 Å². The second-order valence-electron chi connectivity index (χ2n) is 18.7. The summed E-state index contributed by atoms with van der Waals surface area (Å²) in [4.78, 5) is 2.44. The van der Waals surface area contributed by atoms with E-state index in [2.05, 4.69) is 278 Å². The van der Waals surface area contributed by atoms with E-state index in [0.717, 1.165) is 17.1 Å². The summed E-state index contributed by atoms with van der Waals surface area (Å²) in [6.07, 6.45) is 0. The van der Waals surface area contributed by atoms with E-state index in [-0.39, 0.29) is 0 Å². The minimum atomic E-state index is -0.504. The van der Waals surface area contributed by atoms with Crippen molar-refractivity contribution in [2.45, 2.75) is 5.41 Å². The number of rotatable bonds is 7. The van der Waals surface area contributed by atoms with Gasteiger partial charge in [-0.1, -0.05) is 231 Å². The van der Waals surface area contributed by atoms with Crippen molar-refractivity contribution in [2.24, 2.45) is 0 Å². The highest BCUT2D eigenvalue weighted by Crippen LogP contribution is 2.57. The molecule has 70 heavy (non-hydrogen) atoms. The lowest BCUT2D eigenvalue weighted by molar-refractivity contribution is 0.769. The van der Waals surface area contributed by atoms with Crippen molar-refractivity contribution in [3.8, 4) is 33.4 Å². The molecule has 0 spiro atoms. The van der Waals surface area contributed by atoms with Gasteiger partial charge in [-0.15, -0.1) is 0 Å². The van der Waals surface area contributed by atoms with Crippen LogP contribution in [-0.4, -0.2) is 0 Å². The molecule has 1 aliphatic carbocycles. The molecule has 0 fully saturated rings. The van der Waals surface area contributed by atoms with Gasteiger partial charge in [-0.05, 0) is 141 Å². The molecule has 0 atom stereocenters. The van der Waals surface area contributed by atoms with Crippen LogP contribution in [0.4, 0.5) is 17.1 Å². The summed E-state index contributed by atoms with van der Waals surface area (Å²) in [6, 6.07) is 101. The second kappa shape index (κ2) is 16.0. The Morgan fingerprint density at radius 2 is 0.686 bits per heavy atom. The molecule has 326 valence electrons. The van der Waals surface area contributed by atoms with Gasteiger partial charge in [0.1, 0.15) is 0 Å². The smallest absolute Gasteiger partial charge is 0.0713 e. The topological polar surface area (TPSA) is 3.24 Å². The molecule has 14 rings (SSSR count). The zero-order chi connectivity index (χ0) is 46.2. The van der Waals surface area contributed by atoms with Crippen LogP contribution in [0.5, 0.6) is 0 Å². The third kappa shape index (κ3) is 6.05. The molecule has 1 nitrogen and oxygen atoms in total. The minimum absolute atomic E-state index is 0.504. The van der Waals surface area contributed by atoms with Gasteiger partial charge in [-0.3, -0.25) is 0 Å². The van der Waals surface area contributed by atoms with E-state index in [1.54, 1.807) is 0 Å². The van der Waals surface area contributed by atoms with E-state index < -0.39 is 5.41 Å². The van der Waals surface area contributed by atoms with Crippen LogP contribution in [0.15, 0.2) is 273 Å². The Balaban J connectivity index is 1.01. The Hall–Kier alpha value is -9.04. The molecule has 0 aromatic heterocycles. The third-order valence-corrected chi connectivity index (χ3v) is 15.1. The normalized spacial score (nSPS) is 12.7. The Kier molecular flexibility index (Phi) is 9.19. The fourth-order valence-electron chi connectivity index (χ4n) is 12.1. The summed E-state index contributed by atoms with van der Waals surface area (Å²) in [6.45, 7) is 0. The van der Waals surface area contributed by atoms with Crippen molar-refractivity contribution in [1.82, 2.24) is 0 Å². The molecule has 13 aromatic rings. The fraction of sp³-hybridized carbons (Fsp3) is 0.0145. The summed E-state index contributed by atoms with van der Waals surface area (Å²) < 4.78 is 0. The molecule has 0 saturated carbocycles. The maximum atomic E-state index is 2.52. The van der Waals surface area contributed by atoms with Gasteiger partial charge in [0.15, 0.2) is 0 Å². The van der Waals surface area contributed by atoms with Gasteiger partial charge in [0, 0.05) is 16.5 Å². The summed E-state index contributed by atoms with van der Waals surface area (Å²) in [5.41, 5.74) is 15.5. The zero-order valence-electron chi connectivity index (χ0n) is 38.4.